The van der Waals surface area contributed by atoms with Gasteiger partial charge in [-0.25, -0.2) is 4.79 Å². The second-order valence-electron chi connectivity index (χ2n) is 5.62. The SMILES string of the molecule is CCN1CCN(CC(=O)ON2C(=O)c3ccccc3C2=O)CC1. The van der Waals surface area contributed by atoms with E-state index in [1.807, 2.05) is 4.90 Å². The summed E-state index contributed by atoms with van der Waals surface area (Å²) in [7, 11) is 0. The van der Waals surface area contributed by atoms with Crippen molar-refractivity contribution < 1.29 is 19.2 Å². The van der Waals surface area contributed by atoms with Crippen LogP contribution in [0, 0.1) is 0 Å². The van der Waals surface area contributed by atoms with E-state index in [4.69, 9.17) is 4.84 Å². The van der Waals surface area contributed by atoms with Gasteiger partial charge in [-0.2, -0.15) is 0 Å². The van der Waals surface area contributed by atoms with Crippen LogP contribution in [0.15, 0.2) is 24.3 Å². The number of fused-ring (bicyclic) bond motifs is 1. The third-order valence-electron chi connectivity index (χ3n) is 4.21. The Labute approximate surface area is 134 Å². The fourth-order valence-corrected chi connectivity index (χ4v) is 2.83. The fraction of sp³-hybridized carbons (Fsp3) is 0.438. The minimum atomic E-state index is -0.593. The van der Waals surface area contributed by atoms with Crippen LogP contribution in [0.1, 0.15) is 27.6 Å². The number of benzene rings is 1. The zero-order valence-electron chi connectivity index (χ0n) is 13.0. The van der Waals surface area contributed by atoms with Crippen LogP contribution in [0.2, 0.25) is 0 Å². The fourth-order valence-electron chi connectivity index (χ4n) is 2.83. The number of hydroxylamine groups is 2. The molecule has 0 bridgehead atoms. The van der Waals surface area contributed by atoms with Crippen molar-refractivity contribution in [2.75, 3.05) is 39.3 Å². The first-order valence-corrected chi connectivity index (χ1v) is 7.73. The number of carbonyl (C=O) groups is 3. The molecule has 0 aromatic heterocycles. The zero-order valence-corrected chi connectivity index (χ0v) is 13.0. The van der Waals surface area contributed by atoms with Crippen molar-refractivity contribution in [3.8, 4) is 0 Å². The number of imide groups is 1. The highest BCUT2D eigenvalue weighted by Gasteiger charge is 2.38. The van der Waals surface area contributed by atoms with E-state index in [0.29, 0.717) is 5.06 Å². The molecule has 0 unspecified atom stereocenters. The number of hydrogen-bond acceptors (Lipinski definition) is 6. The predicted octanol–water partition coefficient (Wildman–Crippen LogP) is 0.378. The molecular weight excluding hydrogens is 298 g/mol. The monoisotopic (exact) mass is 317 g/mol. The third kappa shape index (κ3) is 3.11. The first kappa shape index (κ1) is 15.6. The first-order valence-electron chi connectivity index (χ1n) is 7.73. The Morgan fingerprint density at radius 3 is 2.04 bits per heavy atom. The first-order chi connectivity index (χ1) is 11.1. The highest BCUT2D eigenvalue weighted by atomic mass is 16.7. The Morgan fingerprint density at radius 2 is 1.52 bits per heavy atom. The van der Waals surface area contributed by atoms with Crippen molar-refractivity contribution in [3.05, 3.63) is 35.4 Å². The van der Waals surface area contributed by atoms with Crippen LogP contribution in [0.5, 0.6) is 0 Å². The average Bonchev–Trinajstić information content (AvgIpc) is 2.81. The minimum absolute atomic E-state index is 0.0744. The summed E-state index contributed by atoms with van der Waals surface area (Å²) in [5, 5.41) is 0.565. The summed E-state index contributed by atoms with van der Waals surface area (Å²) in [5.74, 6) is -1.77. The normalized spacial score (nSPS) is 19.1. The molecule has 2 amide bonds. The lowest BCUT2D eigenvalue weighted by atomic mass is 10.1. The van der Waals surface area contributed by atoms with E-state index in [1.165, 1.54) is 0 Å². The maximum atomic E-state index is 12.1. The van der Waals surface area contributed by atoms with Gasteiger partial charge in [-0.05, 0) is 18.7 Å². The number of piperazine rings is 1. The molecule has 23 heavy (non-hydrogen) atoms. The number of amides is 2. The summed E-state index contributed by atoms with van der Waals surface area (Å²) in [6, 6.07) is 6.44. The van der Waals surface area contributed by atoms with Gasteiger partial charge in [-0.1, -0.05) is 24.1 Å². The van der Waals surface area contributed by atoms with E-state index in [0.717, 1.165) is 32.7 Å². The summed E-state index contributed by atoms with van der Waals surface area (Å²) >= 11 is 0. The lowest BCUT2D eigenvalue weighted by Gasteiger charge is -2.33. The summed E-state index contributed by atoms with van der Waals surface area (Å²) in [6.07, 6.45) is 0. The molecule has 1 aromatic rings. The van der Waals surface area contributed by atoms with Crippen molar-refractivity contribution in [3.63, 3.8) is 0 Å². The molecule has 0 aliphatic carbocycles. The molecule has 7 nitrogen and oxygen atoms in total. The lowest BCUT2D eigenvalue weighted by Crippen LogP contribution is -2.48. The predicted molar refractivity (Wildman–Crippen MR) is 81.6 cm³/mol. The molecule has 2 aliphatic rings. The smallest absolute Gasteiger partial charge is 0.328 e. The van der Waals surface area contributed by atoms with Gasteiger partial charge in [0.2, 0.25) is 0 Å². The van der Waals surface area contributed by atoms with Crippen LogP contribution in [0.4, 0.5) is 0 Å². The van der Waals surface area contributed by atoms with Crippen molar-refractivity contribution in [2.45, 2.75) is 6.92 Å². The standard InChI is InChI=1S/C16H19N3O4/c1-2-17-7-9-18(10-8-17)11-14(20)23-19-15(21)12-5-3-4-6-13(12)16(19)22/h3-6H,2,7-11H2,1H3. The van der Waals surface area contributed by atoms with Crippen molar-refractivity contribution in [1.29, 1.82) is 0 Å². The van der Waals surface area contributed by atoms with Gasteiger partial charge in [0.25, 0.3) is 11.8 Å². The van der Waals surface area contributed by atoms with E-state index in [-0.39, 0.29) is 17.7 Å². The highest BCUT2D eigenvalue weighted by Crippen LogP contribution is 2.22. The van der Waals surface area contributed by atoms with Crippen LogP contribution in [-0.4, -0.2) is 71.9 Å². The molecule has 2 aliphatic heterocycles. The molecule has 1 aromatic carbocycles. The van der Waals surface area contributed by atoms with Crippen LogP contribution in [-0.2, 0) is 9.63 Å². The lowest BCUT2D eigenvalue weighted by molar-refractivity contribution is -0.170. The van der Waals surface area contributed by atoms with Gasteiger partial charge in [-0.3, -0.25) is 14.5 Å². The second kappa shape index (κ2) is 6.47. The van der Waals surface area contributed by atoms with Crippen molar-refractivity contribution in [1.82, 2.24) is 14.9 Å². The minimum Gasteiger partial charge on any atom is -0.328 e. The van der Waals surface area contributed by atoms with E-state index < -0.39 is 17.8 Å². The largest absolute Gasteiger partial charge is 0.347 e. The Hall–Kier alpha value is -2.25. The van der Waals surface area contributed by atoms with Gasteiger partial charge in [0.05, 0.1) is 17.7 Å². The topological polar surface area (TPSA) is 70.2 Å². The number of likely N-dealkylation sites (N-methyl/N-ethyl adjacent to an activating group) is 1. The highest BCUT2D eigenvalue weighted by molar-refractivity contribution is 6.20. The molecule has 0 radical (unpaired) electrons. The average molecular weight is 317 g/mol. The molecule has 0 N–H and O–H groups in total. The number of hydrogen-bond donors (Lipinski definition) is 0. The van der Waals surface area contributed by atoms with E-state index >= 15 is 0 Å². The molecule has 7 heteroatoms. The Balaban J connectivity index is 1.57. The molecular formula is C16H19N3O4. The summed E-state index contributed by atoms with van der Waals surface area (Å²) < 4.78 is 0. The Morgan fingerprint density at radius 1 is 1.00 bits per heavy atom. The molecule has 2 heterocycles. The van der Waals surface area contributed by atoms with Crippen molar-refractivity contribution in [2.24, 2.45) is 0 Å². The zero-order chi connectivity index (χ0) is 16.4. The molecule has 0 atom stereocenters. The summed E-state index contributed by atoms with van der Waals surface area (Å²) in [4.78, 5) is 45.6. The molecule has 1 fully saturated rings. The van der Waals surface area contributed by atoms with Crippen LogP contribution in [0.25, 0.3) is 0 Å². The Bertz CT molecular complexity index is 603. The maximum Gasteiger partial charge on any atom is 0.347 e. The van der Waals surface area contributed by atoms with Crippen molar-refractivity contribution >= 4 is 17.8 Å². The number of carbonyl (C=O) groups excluding carboxylic acids is 3. The molecule has 0 saturated carbocycles. The summed E-state index contributed by atoms with van der Waals surface area (Å²) in [5.41, 5.74) is 0.531. The van der Waals surface area contributed by atoms with Gasteiger partial charge in [0, 0.05) is 26.2 Å². The molecule has 0 spiro atoms. The quantitative estimate of drug-likeness (QED) is 0.748. The van der Waals surface area contributed by atoms with Crippen LogP contribution >= 0.6 is 0 Å². The third-order valence-corrected chi connectivity index (χ3v) is 4.21. The molecule has 3 rings (SSSR count). The summed E-state index contributed by atoms with van der Waals surface area (Å²) in [6.45, 7) is 6.51. The van der Waals surface area contributed by atoms with Gasteiger partial charge >= 0.3 is 5.97 Å². The molecule has 1 saturated heterocycles. The second-order valence-corrected chi connectivity index (χ2v) is 5.62. The van der Waals surface area contributed by atoms with E-state index in [1.54, 1.807) is 24.3 Å². The van der Waals surface area contributed by atoms with Crippen LogP contribution < -0.4 is 0 Å². The van der Waals surface area contributed by atoms with Gasteiger partial charge in [0.1, 0.15) is 0 Å². The van der Waals surface area contributed by atoms with Gasteiger partial charge < -0.3 is 9.74 Å². The van der Waals surface area contributed by atoms with E-state index in [9.17, 15) is 14.4 Å². The van der Waals surface area contributed by atoms with E-state index in [2.05, 4.69) is 11.8 Å². The number of rotatable bonds is 4. The van der Waals surface area contributed by atoms with Gasteiger partial charge in [0.15, 0.2) is 0 Å². The maximum absolute atomic E-state index is 12.1. The molecule has 122 valence electrons. The number of nitrogens with zero attached hydrogens (tertiary/aromatic N) is 3. The Kier molecular flexibility index (Phi) is 4.40. The van der Waals surface area contributed by atoms with Gasteiger partial charge in [-0.15, -0.1) is 0 Å². The van der Waals surface area contributed by atoms with Crippen LogP contribution in [0.3, 0.4) is 0 Å².